The van der Waals surface area contributed by atoms with Crippen LogP contribution in [0.4, 0.5) is 0 Å². The topological polar surface area (TPSA) is 159 Å². The van der Waals surface area contributed by atoms with Crippen molar-refractivity contribution >= 4 is 5.97 Å². The van der Waals surface area contributed by atoms with Gasteiger partial charge in [-0.2, -0.15) is 0 Å². The summed E-state index contributed by atoms with van der Waals surface area (Å²) in [4.78, 5) is 11.3. The van der Waals surface area contributed by atoms with Crippen LogP contribution in [0.25, 0.3) is 0 Å². The number of carboxylic acids is 1. The molecule has 0 amide bonds. The van der Waals surface area contributed by atoms with Gasteiger partial charge >= 0.3 is 5.97 Å². The lowest BCUT2D eigenvalue weighted by molar-refractivity contribution is -0.137. The van der Waals surface area contributed by atoms with E-state index in [0.717, 1.165) is 0 Å². The minimum atomic E-state index is -1.02. The van der Waals surface area contributed by atoms with Gasteiger partial charge in [-0.15, -0.1) is 0 Å². The molecule has 2 rings (SSSR count). The molecule has 0 aliphatic rings. The Kier molecular flexibility index (Phi) is 7.21. The third-order valence-corrected chi connectivity index (χ3v) is 5.33. The van der Waals surface area contributed by atoms with Gasteiger partial charge in [-0.1, -0.05) is 6.92 Å². The average Bonchev–Trinajstić information content (AvgIpc) is 2.72. The molecule has 0 aromatic heterocycles. The van der Waals surface area contributed by atoms with Gasteiger partial charge in [0.2, 0.25) is 0 Å². The smallest absolute Gasteiger partial charge is 0.303 e. The van der Waals surface area contributed by atoms with Gasteiger partial charge in [0.15, 0.2) is 0 Å². The van der Waals surface area contributed by atoms with E-state index in [4.69, 9.17) is 0 Å². The maximum Gasteiger partial charge on any atom is 0.303 e. The fourth-order valence-electron chi connectivity index (χ4n) is 3.45. The van der Waals surface area contributed by atoms with E-state index in [-0.39, 0.29) is 46.6 Å². The summed E-state index contributed by atoms with van der Waals surface area (Å²) >= 11 is 0. The Balaban J connectivity index is 2.78. The first-order valence-electron chi connectivity index (χ1n) is 9.07. The van der Waals surface area contributed by atoms with Crippen molar-refractivity contribution in [3.8, 4) is 11.5 Å². The Morgan fingerprint density at radius 1 is 0.759 bits per heavy atom. The molecule has 0 atom stereocenters. The average molecular weight is 406 g/mol. The van der Waals surface area contributed by atoms with Gasteiger partial charge in [-0.3, -0.25) is 4.79 Å². The van der Waals surface area contributed by atoms with Gasteiger partial charge in [0.25, 0.3) is 0 Å². The number of rotatable bonds is 9. The van der Waals surface area contributed by atoms with Crippen molar-refractivity contribution in [3.63, 3.8) is 0 Å². The highest BCUT2D eigenvalue weighted by atomic mass is 16.4. The second-order valence-electron chi connectivity index (χ2n) is 7.14. The van der Waals surface area contributed by atoms with Crippen LogP contribution in [0.2, 0.25) is 0 Å². The van der Waals surface area contributed by atoms with Crippen LogP contribution < -0.4 is 0 Å². The molecule has 0 radical (unpaired) electrons. The first-order valence-corrected chi connectivity index (χ1v) is 9.07. The molecule has 29 heavy (non-hydrogen) atoms. The Bertz CT molecular complexity index is 779. The van der Waals surface area contributed by atoms with Crippen LogP contribution in [-0.2, 0) is 36.6 Å². The van der Waals surface area contributed by atoms with E-state index in [9.17, 15) is 40.5 Å². The lowest BCUT2D eigenvalue weighted by Gasteiger charge is -2.33. The Hall–Kier alpha value is -2.65. The predicted molar refractivity (Wildman–Crippen MR) is 103 cm³/mol. The highest BCUT2D eigenvalue weighted by molar-refractivity contribution is 5.67. The van der Waals surface area contributed by atoms with Gasteiger partial charge in [-0.05, 0) is 41.8 Å². The first kappa shape index (κ1) is 22.6. The van der Waals surface area contributed by atoms with Crippen LogP contribution in [0, 0.1) is 0 Å². The Morgan fingerprint density at radius 3 is 1.31 bits per heavy atom. The molecule has 0 aliphatic carbocycles. The lowest BCUT2D eigenvalue weighted by Crippen LogP contribution is -2.26. The van der Waals surface area contributed by atoms with Gasteiger partial charge < -0.3 is 35.7 Å². The summed E-state index contributed by atoms with van der Waals surface area (Å²) in [7, 11) is 0. The van der Waals surface area contributed by atoms with E-state index in [1.807, 2.05) is 0 Å². The summed E-state index contributed by atoms with van der Waals surface area (Å²) in [5.41, 5.74) is 0.786. The number of aliphatic hydroxyl groups is 4. The molecule has 0 heterocycles. The predicted octanol–water partition coefficient (Wildman–Crippen LogP) is 1.24. The van der Waals surface area contributed by atoms with Crippen LogP contribution in [0.1, 0.15) is 53.1 Å². The summed E-state index contributed by atoms with van der Waals surface area (Å²) in [6.45, 7) is -0.191. The summed E-state index contributed by atoms with van der Waals surface area (Å²) in [5, 5.41) is 67.9. The SMILES string of the molecule is CC(CCC(=O)O)(c1cc(CO)c(O)c(CO)c1)c1cc(CO)c(O)c(CO)c1. The van der Waals surface area contributed by atoms with Crippen molar-refractivity contribution in [2.45, 2.75) is 51.6 Å². The number of aliphatic hydroxyl groups excluding tert-OH is 4. The molecule has 0 spiro atoms. The monoisotopic (exact) mass is 406 g/mol. The zero-order chi connectivity index (χ0) is 21.8. The number of carboxylic acid groups (broad SMARTS) is 1. The summed E-state index contributed by atoms with van der Waals surface area (Å²) < 4.78 is 0. The van der Waals surface area contributed by atoms with Crippen molar-refractivity contribution in [1.82, 2.24) is 0 Å². The molecular formula is C21H26O8. The Labute approximate surface area is 167 Å². The number of hydrogen-bond acceptors (Lipinski definition) is 7. The zero-order valence-electron chi connectivity index (χ0n) is 16.1. The van der Waals surface area contributed by atoms with Gasteiger partial charge in [-0.25, -0.2) is 0 Å². The molecule has 0 unspecified atom stereocenters. The van der Waals surface area contributed by atoms with Crippen molar-refractivity contribution in [3.05, 3.63) is 57.6 Å². The van der Waals surface area contributed by atoms with E-state index >= 15 is 0 Å². The van der Waals surface area contributed by atoms with Crippen molar-refractivity contribution in [2.75, 3.05) is 0 Å². The fraction of sp³-hybridized carbons (Fsp3) is 0.381. The Morgan fingerprint density at radius 2 is 1.07 bits per heavy atom. The minimum Gasteiger partial charge on any atom is -0.507 e. The molecule has 2 aromatic carbocycles. The zero-order valence-corrected chi connectivity index (χ0v) is 16.1. The van der Waals surface area contributed by atoms with Gasteiger partial charge in [0.1, 0.15) is 11.5 Å². The molecule has 0 aliphatic heterocycles. The van der Waals surface area contributed by atoms with E-state index in [0.29, 0.717) is 11.1 Å². The highest BCUT2D eigenvalue weighted by Gasteiger charge is 2.32. The van der Waals surface area contributed by atoms with Crippen LogP contribution in [0.5, 0.6) is 11.5 Å². The minimum absolute atomic E-state index is 0.114. The highest BCUT2D eigenvalue weighted by Crippen LogP contribution is 2.42. The summed E-state index contributed by atoms with van der Waals surface area (Å²) in [6, 6.07) is 6.11. The fourth-order valence-corrected chi connectivity index (χ4v) is 3.45. The molecule has 158 valence electrons. The van der Waals surface area contributed by atoms with Crippen molar-refractivity contribution in [2.24, 2.45) is 0 Å². The maximum absolute atomic E-state index is 11.3. The third kappa shape index (κ3) is 4.51. The molecule has 0 bridgehead atoms. The third-order valence-electron chi connectivity index (χ3n) is 5.33. The molecule has 2 aromatic rings. The number of aromatic hydroxyl groups is 2. The number of phenols is 2. The molecule has 7 N–H and O–H groups in total. The van der Waals surface area contributed by atoms with Gasteiger partial charge in [0, 0.05) is 34.1 Å². The standard InChI is InChI=1S/C21H26O8/c1-21(3-2-18(26)27,16-4-12(8-22)19(28)13(5-16)9-23)17-6-14(10-24)20(29)15(7-17)11-25/h4-7,22-25,28-29H,2-3,8-11H2,1H3,(H,26,27). The second-order valence-corrected chi connectivity index (χ2v) is 7.14. The van der Waals surface area contributed by atoms with E-state index in [1.54, 1.807) is 6.92 Å². The summed E-state index contributed by atoms with van der Waals surface area (Å²) in [6.07, 6.45) is -0.0898. The molecule has 0 saturated carbocycles. The number of aliphatic carboxylic acids is 1. The number of benzene rings is 2. The molecule has 0 fully saturated rings. The van der Waals surface area contributed by atoms with Crippen LogP contribution in [0.3, 0.4) is 0 Å². The van der Waals surface area contributed by atoms with Crippen LogP contribution in [0.15, 0.2) is 24.3 Å². The van der Waals surface area contributed by atoms with Crippen molar-refractivity contribution < 1.29 is 40.5 Å². The molecule has 0 saturated heterocycles. The van der Waals surface area contributed by atoms with Crippen LogP contribution >= 0.6 is 0 Å². The van der Waals surface area contributed by atoms with Gasteiger partial charge in [0.05, 0.1) is 26.4 Å². The summed E-state index contributed by atoms with van der Waals surface area (Å²) in [5.74, 6) is -1.50. The quantitative estimate of drug-likeness (QED) is 0.328. The second kappa shape index (κ2) is 9.23. The molecule has 8 heteroatoms. The largest absolute Gasteiger partial charge is 0.507 e. The maximum atomic E-state index is 11.3. The van der Waals surface area contributed by atoms with Crippen LogP contribution in [-0.4, -0.2) is 41.7 Å². The number of carbonyl (C=O) groups is 1. The first-order chi connectivity index (χ1) is 13.7. The molecule has 8 nitrogen and oxygen atoms in total. The van der Waals surface area contributed by atoms with Crippen molar-refractivity contribution in [1.29, 1.82) is 0 Å². The van der Waals surface area contributed by atoms with E-state index < -0.39 is 37.8 Å². The van der Waals surface area contributed by atoms with E-state index in [2.05, 4.69) is 0 Å². The lowest BCUT2D eigenvalue weighted by atomic mass is 9.71. The molecular weight excluding hydrogens is 380 g/mol. The normalized spacial score (nSPS) is 11.6. The number of hydrogen-bond donors (Lipinski definition) is 7. The van der Waals surface area contributed by atoms with E-state index in [1.165, 1.54) is 24.3 Å².